The zero-order valence-electron chi connectivity index (χ0n) is 15.7. The first kappa shape index (κ1) is 23.4. The van der Waals surface area contributed by atoms with Crippen molar-refractivity contribution in [3.63, 3.8) is 0 Å². The quantitative estimate of drug-likeness (QED) is 0.614. The Labute approximate surface area is 167 Å². The van der Waals surface area contributed by atoms with Gasteiger partial charge in [-0.05, 0) is 50.0 Å². The fourth-order valence-corrected chi connectivity index (χ4v) is 4.46. The SMILES string of the molecule is CCCNC(=O)c1cccc(CNC(=O)C2(S(C)(=O)=O)CCNCC2)c1.Cl. The lowest BCUT2D eigenvalue weighted by Gasteiger charge is -2.34. The second-order valence-electron chi connectivity index (χ2n) is 6.66. The maximum Gasteiger partial charge on any atom is 0.251 e. The van der Waals surface area contributed by atoms with E-state index in [-0.39, 0.29) is 37.7 Å². The highest BCUT2D eigenvalue weighted by Gasteiger charge is 2.48. The molecule has 3 N–H and O–H groups in total. The van der Waals surface area contributed by atoms with Gasteiger partial charge in [0.1, 0.15) is 0 Å². The lowest BCUT2D eigenvalue weighted by Crippen LogP contribution is -2.57. The van der Waals surface area contributed by atoms with E-state index in [4.69, 9.17) is 0 Å². The summed E-state index contributed by atoms with van der Waals surface area (Å²) in [5.74, 6) is -0.631. The molecule has 2 amide bonds. The van der Waals surface area contributed by atoms with E-state index in [1.807, 2.05) is 6.92 Å². The second-order valence-corrected chi connectivity index (χ2v) is 8.98. The number of rotatable bonds is 7. The van der Waals surface area contributed by atoms with Crippen LogP contribution in [0.5, 0.6) is 0 Å². The minimum absolute atomic E-state index is 0. The lowest BCUT2D eigenvalue weighted by atomic mass is 9.95. The van der Waals surface area contributed by atoms with Gasteiger partial charge in [0.25, 0.3) is 5.91 Å². The first-order chi connectivity index (χ1) is 12.3. The summed E-state index contributed by atoms with van der Waals surface area (Å²) < 4.78 is 23.1. The molecule has 7 nitrogen and oxygen atoms in total. The third-order valence-corrected chi connectivity index (χ3v) is 6.73. The second kappa shape index (κ2) is 10.1. The van der Waals surface area contributed by atoms with Crippen molar-refractivity contribution in [2.45, 2.75) is 37.5 Å². The van der Waals surface area contributed by atoms with Crippen LogP contribution in [0.3, 0.4) is 0 Å². The number of benzene rings is 1. The van der Waals surface area contributed by atoms with Gasteiger partial charge in [0.15, 0.2) is 14.6 Å². The molecule has 0 radical (unpaired) electrons. The number of carbonyl (C=O) groups excluding carboxylic acids is 2. The van der Waals surface area contributed by atoms with Crippen molar-refractivity contribution in [1.29, 1.82) is 0 Å². The van der Waals surface area contributed by atoms with Crippen LogP contribution in [-0.2, 0) is 21.2 Å². The number of carbonyl (C=O) groups is 2. The molecule has 0 atom stereocenters. The van der Waals surface area contributed by atoms with Gasteiger partial charge in [-0.25, -0.2) is 8.42 Å². The zero-order chi connectivity index (χ0) is 19.2. The fourth-order valence-electron chi connectivity index (χ4n) is 3.10. The van der Waals surface area contributed by atoms with E-state index in [9.17, 15) is 18.0 Å². The van der Waals surface area contributed by atoms with Crippen molar-refractivity contribution in [2.75, 3.05) is 25.9 Å². The maximum atomic E-state index is 12.7. The van der Waals surface area contributed by atoms with E-state index in [1.165, 1.54) is 0 Å². The summed E-state index contributed by atoms with van der Waals surface area (Å²) >= 11 is 0. The Bertz CT molecular complexity index is 762. The Morgan fingerprint density at radius 1 is 1.19 bits per heavy atom. The van der Waals surface area contributed by atoms with Gasteiger partial charge < -0.3 is 16.0 Å². The highest BCUT2D eigenvalue weighted by atomic mass is 35.5. The molecule has 0 unspecified atom stereocenters. The summed E-state index contributed by atoms with van der Waals surface area (Å²) in [6.07, 6.45) is 2.49. The topological polar surface area (TPSA) is 104 Å². The number of hydrogen-bond donors (Lipinski definition) is 3. The van der Waals surface area contributed by atoms with Crippen LogP contribution in [-0.4, -0.2) is 50.9 Å². The van der Waals surface area contributed by atoms with Crippen LogP contribution in [0, 0.1) is 0 Å². The first-order valence-electron chi connectivity index (χ1n) is 8.86. The van der Waals surface area contributed by atoms with E-state index < -0.39 is 20.5 Å². The molecule has 1 aromatic carbocycles. The lowest BCUT2D eigenvalue weighted by molar-refractivity contribution is -0.124. The van der Waals surface area contributed by atoms with Crippen molar-refractivity contribution >= 4 is 34.1 Å². The number of amides is 2. The number of nitrogens with one attached hydrogen (secondary N) is 3. The normalized spacial score (nSPS) is 16.1. The Morgan fingerprint density at radius 2 is 1.85 bits per heavy atom. The molecule has 1 aliphatic rings. The summed E-state index contributed by atoms with van der Waals surface area (Å²) in [6, 6.07) is 6.97. The molecule has 152 valence electrons. The highest BCUT2D eigenvalue weighted by Crippen LogP contribution is 2.28. The molecule has 0 aromatic heterocycles. The number of hydrogen-bond acceptors (Lipinski definition) is 5. The van der Waals surface area contributed by atoms with Gasteiger partial charge in [-0.15, -0.1) is 12.4 Å². The smallest absolute Gasteiger partial charge is 0.251 e. The van der Waals surface area contributed by atoms with E-state index in [0.29, 0.717) is 25.2 Å². The minimum Gasteiger partial charge on any atom is -0.352 e. The van der Waals surface area contributed by atoms with E-state index in [2.05, 4.69) is 16.0 Å². The predicted octanol–water partition coefficient (Wildman–Crippen LogP) is 1.03. The third kappa shape index (κ3) is 5.67. The van der Waals surface area contributed by atoms with E-state index in [0.717, 1.165) is 18.2 Å². The molecule has 9 heteroatoms. The van der Waals surface area contributed by atoms with Crippen LogP contribution in [0.15, 0.2) is 24.3 Å². The number of halogens is 1. The van der Waals surface area contributed by atoms with Gasteiger partial charge in [0, 0.05) is 24.9 Å². The maximum absolute atomic E-state index is 12.7. The van der Waals surface area contributed by atoms with Gasteiger partial charge in [0.2, 0.25) is 5.91 Å². The van der Waals surface area contributed by atoms with Crippen molar-refractivity contribution in [2.24, 2.45) is 0 Å². The Kier molecular flexibility index (Phi) is 8.71. The Balaban J connectivity index is 0.00000364. The number of piperidine rings is 1. The van der Waals surface area contributed by atoms with Crippen LogP contribution in [0.4, 0.5) is 0 Å². The largest absolute Gasteiger partial charge is 0.352 e. The standard InChI is InChI=1S/C18H27N3O4S.ClH/c1-3-9-20-16(22)15-6-4-5-14(12-15)13-21-17(23)18(26(2,24)25)7-10-19-11-8-18;/h4-6,12,19H,3,7-11,13H2,1-2H3,(H,20,22)(H,21,23);1H. The van der Waals surface area contributed by atoms with Gasteiger partial charge >= 0.3 is 0 Å². The van der Waals surface area contributed by atoms with Gasteiger partial charge in [-0.2, -0.15) is 0 Å². The highest BCUT2D eigenvalue weighted by molar-refractivity contribution is 7.92. The van der Waals surface area contributed by atoms with Crippen LogP contribution < -0.4 is 16.0 Å². The average molecular weight is 418 g/mol. The van der Waals surface area contributed by atoms with Gasteiger partial charge in [-0.3, -0.25) is 9.59 Å². The van der Waals surface area contributed by atoms with Crippen LogP contribution in [0.1, 0.15) is 42.1 Å². The molecular formula is C18H28ClN3O4S. The molecule has 0 spiro atoms. The first-order valence-corrected chi connectivity index (χ1v) is 10.7. The minimum atomic E-state index is -3.54. The molecule has 1 aromatic rings. The molecule has 0 bridgehead atoms. The monoisotopic (exact) mass is 417 g/mol. The van der Waals surface area contributed by atoms with Crippen molar-refractivity contribution in [3.05, 3.63) is 35.4 Å². The number of sulfone groups is 1. The van der Waals surface area contributed by atoms with Gasteiger partial charge in [0.05, 0.1) is 0 Å². The van der Waals surface area contributed by atoms with Crippen LogP contribution in [0.25, 0.3) is 0 Å². The zero-order valence-corrected chi connectivity index (χ0v) is 17.3. The molecule has 27 heavy (non-hydrogen) atoms. The third-order valence-electron chi connectivity index (χ3n) is 4.71. The van der Waals surface area contributed by atoms with Crippen molar-refractivity contribution in [3.8, 4) is 0 Å². The molecule has 0 aliphatic carbocycles. The summed E-state index contributed by atoms with van der Waals surface area (Å²) in [5.41, 5.74) is 1.27. The van der Waals surface area contributed by atoms with Crippen molar-refractivity contribution < 1.29 is 18.0 Å². The van der Waals surface area contributed by atoms with Crippen molar-refractivity contribution in [1.82, 2.24) is 16.0 Å². The molecule has 0 saturated carbocycles. The fraction of sp³-hybridized carbons (Fsp3) is 0.556. The Morgan fingerprint density at radius 3 is 2.44 bits per heavy atom. The Hall–Kier alpha value is -1.64. The summed E-state index contributed by atoms with van der Waals surface area (Å²) in [4.78, 5) is 24.7. The summed E-state index contributed by atoms with van der Waals surface area (Å²) in [5, 5.41) is 8.64. The van der Waals surface area contributed by atoms with E-state index in [1.54, 1.807) is 24.3 Å². The van der Waals surface area contributed by atoms with Crippen LogP contribution >= 0.6 is 12.4 Å². The molecule has 1 aliphatic heterocycles. The molecule has 1 fully saturated rings. The molecule has 1 saturated heterocycles. The predicted molar refractivity (Wildman–Crippen MR) is 108 cm³/mol. The van der Waals surface area contributed by atoms with Gasteiger partial charge in [-0.1, -0.05) is 19.1 Å². The molecule has 1 heterocycles. The molecule has 2 rings (SSSR count). The summed E-state index contributed by atoms with van der Waals surface area (Å²) in [7, 11) is -3.54. The summed E-state index contributed by atoms with van der Waals surface area (Å²) in [6.45, 7) is 3.74. The molecular weight excluding hydrogens is 390 g/mol. The van der Waals surface area contributed by atoms with E-state index >= 15 is 0 Å². The average Bonchev–Trinajstić information content (AvgIpc) is 2.64. The van der Waals surface area contributed by atoms with Crippen LogP contribution in [0.2, 0.25) is 0 Å².